The van der Waals surface area contributed by atoms with Gasteiger partial charge in [-0.2, -0.15) is 8.75 Å². The number of thiophene rings is 1. The van der Waals surface area contributed by atoms with Crippen LogP contribution in [0, 0.1) is 0 Å². The van der Waals surface area contributed by atoms with Crippen LogP contribution in [0.3, 0.4) is 0 Å². The van der Waals surface area contributed by atoms with E-state index in [9.17, 15) is 4.79 Å². The first-order valence-corrected chi connectivity index (χ1v) is 12.3. The van der Waals surface area contributed by atoms with Gasteiger partial charge in [0.2, 0.25) is 0 Å². The maximum atomic E-state index is 12.7. The van der Waals surface area contributed by atoms with Gasteiger partial charge in [-0.05, 0) is 55.5 Å². The van der Waals surface area contributed by atoms with Crippen LogP contribution in [0.5, 0.6) is 5.75 Å². The normalized spacial score (nSPS) is 16.6. The number of nitrogens with zero attached hydrogens (tertiary/aromatic N) is 4. The first-order valence-electron chi connectivity index (χ1n) is 10.7. The van der Waals surface area contributed by atoms with E-state index in [0.29, 0.717) is 12.3 Å². The Morgan fingerprint density at radius 1 is 1.23 bits per heavy atom. The molecule has 0 bridgehead atoms. The number of hydrogen-bond donors (Lipinski definition) is 0. The highest BCUT2D eigenvalue weighted by Crippen LogP contribution is 2.23. The molecule has 0 saturated carbocycles. The van der Waals surface area contributed by atoms with E-state index in [2.05, 4.69) is 50.3 Å². The van der Waals surface area contributed by atoms with Gasteiger partial charge in [0, 0.05) is 37.0 Å². The topological polar surface area (TPSA) is 58.6 Å². The van der Waals surface area contributed by atoms with Crippen LogP contribution in [0.25, 0.3) is 0 Å². The molecule has 164 valence electrons. The van der Waals surface area contributed by atoms with Crippen molar-refractivity contribution in [3.8, 4) is 5.75 Å². The van der Waals surface area contributed by atoms with E-state index in [-0.39, 0.29) is 11.9 Å². The molecule has 1 atom stereocenters. The molecular weight excluding hydrogens is 428 g/mol. The highest BCUT2D eigenvalue weighted by Gasteiger charge is 2.28. The summed E-state index contributed by atoms with van der Waals surface area (Å²) >= 11 is 2.87. The van der Waals surface area contributed by atoms with Crippen molar-refractivity contribution in [2.45, 2.75) is 44.8 Å². The van der Waals surface area contributed by atoms with Gasteiger partial charge in [0.15, 0.2) is 5.69 Å². The lowest BCUT2D eigenvalue weighted by molar-refractivity contribution is 0.0575. The van der Waals surface area contributed by atoms with E-state index in [1.807, 2.05) is 17.0 Å². The van der Waals surface area contributed by atoms with Crippen molar-refractivity contribution in [3.63, 3.8) is 0 Å². The fourth-order valence-electron chi connectivity index (χ4n) is 4.01. The third kappa shape index (κ3) is 6.12. The van der Waals surface area contributed by atoms with E-state index < -0.39 is 0 Å². The number of aromatic nitrogens is 2. The van der Waals surface area contributed by atoms with Gasteiger partial charge in [0.25, 0.3) is 5.91 Å². The second-order valence-corrected chi connectivity index (χ2v) is 9.56. The van der Waals surface area contributed by atoms with E-state index in [0.717, 1.165) is 62.8 Å². The average Bonchev–Trinajstić information content (AvgIpc) is 3.49. The summed E-state index contributed by atoms with van der Waals surface area (Å²) in [6.07, 6.45) is 5.60. The maximum Gasteiger partial charge on any atom is 0.275 e. The van der Waals surface area contributed by atoms with Crippen molar-refractivity contribution in [2.75, 3.05) is 20.2 Å². The molecule has 4 rings (SSSR count). The quantitative estimate of drug-likeness (QED) is 0.467. The molecule has 0 N–H and O–H groups in total. The number of piperidine rings is 1. The zero-order chi connectivity index (χ0) is 21.5. The molecule has 1 aromatic carbocycles. The summed E-state index contributed by atoms with van der Waals surface area (Å²) in [5, 5.41) is 2.12. The summed E-state index contributed by atoms with van der Waals surface area (Å²) in [7, 11) is 2.14. The lowest BCUT2D eigenvalue weighted by atomic mass is 9.99. The van der Waals surface area contributed by atoms with Crippen molar-refractivity contribution in [2.24, 2.45) is 0 Å². The molecular formula is C23H28N4O2S2. The first-order chi connectivity index (χ1) is 15.2. The Labute approximate surface area is 191 Å². The number of likely N-dealkylation sites (tertiary alicyclic amines) is 1. The van der Waals surface area contributed by atoms with Gasteiger partial charge >= 0.3 is 0 Å². The number of hydrogen-bond acceptors (Lipinski definition) is 7. The summed E-state index contributed by atoms with van der Waals surface area (Å²) in [5.41, 5.74) is 1.73. The van der Waals surface area contributed by atoms with Crippen LogP contribution in [-0.4, -0.2) is 50.7 Å². The Kier molecular flexibility index (Phi) is 7.66. The van der Waals surface area contributed by atoms with Crippen molar-refractivity contribution in [1.82, 2.24) is 18.5 Å². The van der Waals surface area contributed by atoms with Crippen LogP contribution in [0.2, 0.25) is 0 Å². The smallest absolute Gasteiger partial charge is 0.275 e. The minimum atomic E-state index is -0.00512. The molecule has 31 heavy (non-hydrogen) atoms. The number of benzene rings is 1. The summed E-state index contributed by atoms with van der Waals surface area (Å²) in [5.74, 6) is 0.872. The molecule has 6 nitrogen and oxygen atoms in total. The van der Waals surface area contributed by atoms with Gasteiger partial charge < -0.3 is 9.64 Å². The predicted octanol–water partition coefficient (Wildman–Crippen LogP) is 4.70. The van der Waals surface area contributed by atoms with Crippen LogP contribution in [0.1, 0.15) is 46.6 Å². The van der Waals surface area contributed by atoms with Gasteiger partial charge in [0.1, 0.15) is 5.75 Å². The Balaban J connectivity index is 1.24. The molecule has 1 saturated heterocycles. The predicted molar refractivity (Wildman–Crippen MR) is 125 cm³/mol. The molecule has 1 fully saturated rings. The zero-order valence-corrected chi connectivity index (χ0v) is 19.4. The van der Waals surface area contributed by atoms with E-state index in [1.54, 1.807) is 17.5 Å². The molecule has 1 amide bonds. The Hall–Kier alpha value is -2.29. The van der Waals surface area contributed by atoms with Crippen molar-refractivity contribution < 1.29 is 9.53 Å². The fourth-order valence-corrected chi connectivity index (χ4v) is 5.21. The third-order valence-corrected chi connectivity index (χ3v) is 6.91. The van der Waals surface area contributed by atoms with Crippen LogP contribution < -0.4 is 4.74 Å². The van der Waals surface area contributed by atoms with Crippen molar-refractivity contribution in [3.05, 3.63) is 64.1 Å². The molecule has 0 radical (unpaired) electrons. The van der Waals surface area contributed by atoms with Crippen molar-refractivity contribution >= 4 is 29.0 Å². The Bertz CT molecular complexity index is 929. The standard InChI is InChI=1S/C23H28N4O2S2/c1-26(17-21-6-4-14-30-21)16-18-7-9-20(10-8-18)29-13-11-19-5-2-3-12-27(19)23(28)22-15-24-31-25-22/h4,6-10,14-15,19H,2-3,5,11-13,16-17H2,1H3/t19-/m0/s1. The summed E-state index contributed by atoms with van der Waals surface area (Å²) < 4.78 is 14.1. The highest BCUT2D eigenvalue weighted by molar-refractivity contribution is 7.09. The molecule has 1 aliphatic rings. The van der Waals surface area contributed by atoms with E-state index in [4.69, 9.17) is 4.74 Å². The monoisotopic (exact) mass is 456 g/mol. The largest absolute Gasteiger partial charge is 0.494 e. The first kappa shape index (κ1) is 21.9. The third-order valence-electron chi connectivity index (χ3n) is 5.57. The summed E-state index contributed by atoms with van der Waals surface area (Å²) in [6.45, 7) is 3.25. The second-order valence-electron chi connectivity index (χ2n) is 7.97. The van der Waals surface area contributed by atoms with Gasteiger partial charge in [-0.25, -0.2) is 0 Å². The minimum absolute atomic E-state index is 0.00512. The Morgan fingerprint density at radius 3 is 2.84 bits per heavy atom. The Morgan fingerprint density at radius 2 is 2.10 bits per heavy atom. The van der Waals surface area contributed by atoms with Gasteiger partial charge in [0.05, 0.1) is 24.5 Å². The van der Waals surface area contributed by atoms with E-state index >= 15 is 0 Å². The van der Waals surface area contributed by atoms with Crippen LogP contribution >= 0.6 is 23.1 Å². The van der Waals surface area contributed by atoms with Gasteiger partial charge in [-0.3, -0.25) is 9.69 Å². The zero-order valence-electron chi connectivity index (χ0n) is 17.8. The lowest BCUT2D eigenvalue weighted by Crippen LogP contribution is -2.44. The average molecular weight is 457 g/mol. The molecule has 3 aromatic rings. The summed E-state index contributed by atoms with van der Waals surface area (Å²) in [6, 6.07) is 12.8. The minimum Gasteiger partial charge on any atom is -0.494 e. The van der Waals surface area contributed by atoms with Gasteiger partial charge in [-0.1, -0.05) is 18.2 Å². The highest BCUT2D eigenvalue weighted by atomic mass is 32.1. The van der Waals surface area contributed by atoms with Crippen LogP contribution in [0.15, 0.2) is 48.0 Å². The number of carbonyl (C=O) groups excluding carboxylic acids is 1. The molecule has 8 heteroatoms. The van der Waals surface area contributed by atoms with Crippen LogP contribution in [-0.2, 0) is 13.1 Å². The fraction of sp³-hybridized carbons (Fsp3) is 0.435. The van der Waals surface area contributed by atoms with Crippen molar-refractivity contribution in [1.29, 1.82) is 0 Å². The molecule has 0 aliphatic carbocycles. The van der Waals surface area contributed by atoms with Gasteiger partial charge in [-0.15, -0.1) is 11.3 Å². The number of rotatable bonds is 9. The molecule has 1 aliphatic heterocycles. The second kappa shape index (κ2) is 10.8. The molecule has 3 heterocycles. The SMILES string of the molecule is CN(Cc1ccc(OCC[C@@H]2CCCCN2C(=O)c2cnsn2)cc1)Cc1cccs1. The maximum absolute atomic E-state index is 12.7. The molecule has 2 aromatic heterocycles. The molecule has 0 spiro atoms. The molecule has 0 unspecified atom stereocenters. The lowest BCUT2D eigenvalue weighted by Gasteiger charge is -2.35. The van der Waals surface area contributed by atoms with E-state index in [1.165, 1.54) is 10.4 Å². The summed E-state index contributed by atoms with van der Waals surface area (Å²) in [4.78, 5) is 18.4. The number of amides is 1. The number of ether oxygens (including phenoxy) is 1. The number of carbonyl (C=O) groups is 1. The van der Waals surface area contributed by atoms with Crippen LogP contribution in [0.4, 0.5) is 0 Å².